The van der Waals surface area contributed by atoms with Crippen molar-refractivity contribution in [2.45, 2.75) is 11.1 Å². The van der Waals surface area contributed by atoms with Gasteiger partial charge in [-0.25, -0.2) is 8.42 Å². The number of rotatable bonds is 6. The minimum Gasteiger partial charge on any atom is -0.744 e. The van der Waals surface area contributed by atoms with E-state index in [1.807, 2.05) is 60.7 Å². The molecule has 0 aliphatic carbocycles. The molecule has 0 N–H and O–H groups in total. The first-order chi connectivity index (χ1) is 14.5. The fraction of sp³-hybridized carbons (Fsp3) is 0.0400. The van der Waals surface area contributed by atoms with Crippen molar-refractivity contribution >= 4 is 33.3 Å². The van der Waals surface area contributed by atoms with Gasteiger partial charge < -0.3 is 4.55 Å². The Bertz CT molecular complexity index is 1190. The Morgan fingerprint density at radius 2 is 1.06 bits per heavy atom. The summed E-state index contributed by atoms with van der Waals surface area (Å²) in [6.07, 6.45) is 0.726. The Kier molecular flexibility index (Phi) is 7.87. The maximum absolute atomic E-state index is 11.8. The molecular formula is C25H21NaO3PS+. The van der Waals surface area contributed by atoms with E-state index in [4.69, 9.17) is 0 Å². The van der Waals surface area contributed by atoms with Crippen LogP contribution >= 0.6 is 7.26 Å². The first kappa shape index (κ1) is 23.9. The topological polar surface area (TPSA) is 57.2 Å². The third-order valence-corrected chi connectivity index (χ3v) is 10.4. The fourth-order valence-electron chi connectivity index (χ4n) is 3.82. The minimum absolute atomic E-state index is 0. The average Bonchev–Trinajstić information content (AvgIpc) is 2.79. The molecule has 150 valence electrons. The second kappa shape index (κ2) is 10.2. The van der Waals surface area contributed by atoms with Gasteiger partial charge in [-0.05, 0) is 48.0 Å². The van der Waals surface area contributed by atoms with Crippen molar-refractivity contribution in [3.05, 3.63) is 121 Å². The molecule has 0 aliphatic rings. The summed E-state index contributed by atoms with van der Waals surface area (Å²) < 4.78 is 35.4. The number of hydrogen-bond acceptors (Lipinski definition) is 3. The van der Waals surface area contributed by atoms with E-state index in [2.05, 4.69) is 36.4 Å². The molecule has 31 heavy (non-hydrogen) atoms. The zero-order valence-corrected chi connectivity index (χ0v) is 21.0. The fourth-order valence-corrected chi connectivity index (χ4v) is 8.69. The summed E-state index contributed by atoms with van der Waals surface area (Å²) in [5.41, 5.74) is 1.16. The Morgan fingerprint density at radius 1 is 0.613 bits per heavy atom. The van der Waals surface area contributed by atoms with Gasteiger partial charge in [-0.15, -0.1) is 0 Å². The Hall–Kier alpha value is -1.78. The molecule has 4 rings (SSSR count). The first-order valence-electron chi connectivity index (χ1n) is 9.60. The van der Waals surface area contributed by atoms with Crippen LogP contribution in [0.25, 0.3) is 0 Å². The predicted octanol–water partition coefficient (Wildman–Crippen LogP) is 1.09. The molecule has 0 amide bonds. The monoisotopic (exact) mass is 455 g/mol. The molecule has 0 heterocycles. The molecule has 0 aromatic heterocycles. The van der Waals surface area contributed by atoms with Gasteiger partial charge in [0.25, 0.3) is 0 Å². The van der Waals surface area contributed by atoms with Crippen molar-refractivity contribution in [3.63, 3.8) is 0 Å². The van der Waals surface area contributed by atoms with Crippen LogP contribution in [0.15, 0.2) is 120 Å². The summed E-state index contributed by atoms with van der Waals surface area (Å²) >= 11 is 0. The van der Waals surface area contributed by atoms with Crippen LogP contribution in [0.2, 0.25) is 0 Å². The van der Waals surface area contributed by atoms with Crippen molar-refractivity contribution < 1.29 is 42.5 Å². The standard InChI is InChI=1S/C25H21O3PS.Na/c26-30(27,28)25-18-10-17-24(19-25)29(22-13-6-2-7-14-22,23-15-8-3-9-16-23)20-21-11-4-1-5-12-21;/h1-19H,20H2;/q;+1. The Labute approximate surface area is 206 Å². The first-order valence-corrected chi connectivity index (χ1v) is 13.0. The average molecular weight is 455 g/mol. The molecule has 0 bridgehead atoms. The van der Waals surface area contributed by atoms with Crippen LogP contribution in [0, 0.1) is 0 Å². The Balaban J connectivity index is 0.00000272. The molecule has 0 radical (unpaired) electrons. The molecule has 0 spiro atoms. The normalized spacial score (nSPS) is 11.5. The van der Waals surface area contributed by atoms with E-state index in [-0.39, 0.29) is 34.5 Å². The predicted molar refractivity (Wildman–Crippen MR) is 123 cm³/mol. The van der Waals surface area contributed by atoms with Crippen LogP contribution in [-0.2, 0) is 16.3 Å². The summed E-state index contributed by atoms with van der Waals surface area (Å²) in [7, 11) is -6.83. The molecular weight excluding hydrogens is 434 g/mol. The van der Waals surface area contributed by atoms with E-state index < -0.39 is 17.4 Å². The summed E-state index contributed by atoms with van der Waals surface area (Å²) in [6, 6.07) is 37.1. The van der Waals surface area contributed by atoms with Gasteiger partial charge in [0.15, 0.2) is 0 Å². The van der Waals surface area contributed by atoms with E-state index in [0.29, 0.717) is 0 Å². The third kappa shape index (κ3) is 5.18. The maximum Gasteiger partial charge on any atom is 1.00 e. The van der Waals surface area contributed by atoms with Gasteiger partial charge in [-0.3, -0.25) is 0 Å². The summed E-state index contributed by atoms with van der Waals surface area (Å²) in [4.78, 5) is -0.190. The molecule has 4 aromatic rings. The van der Waals surface area contributed by atoms with Crippen molar-refractivity contribution in [2.75, 3.05) is 0 Å². The molecule has 0 aliphatic heterocycles. The van der Waals surface area contributed by atoms with Crippen molar-refractivity contribution in [3.8, 4) is 0 Å². The van der Waals surface area contributed by atoms with Gasteiger partial charge in [0.1, 0.15) is 33.3 Å². The molecule has 0 fully saturated rings. The number of hydrogen-bond donors (Lipinski definition) is 0. The molecule has 0 saturated carbocycles. The Morgan fingerprint density at radius 3 is 1.55 bits per heavy atom. The largest absolute Gasteiger partial charge is 1.00 e. The second-order valence-corrected chi connectivity index (χ2v) is 11.9. The van der Waals surface area contributed by atoms with Gasteiger partial charge in [0.05, 0.1) is 11.1 Å². The van der Waals surface area contributed by atoms with Crippen LogP contribution in [0.4, 0.5) is 0 Å². The molecule has 0 atom stereocenters. The van der Waals surface area contributed by atoms with Crippen LogP contribution < -0.4 is 45.5 Å². The third-order valence-electron chi connectivity index (χ3n) is 5.20. The molecule has 0 unspecified atom stereocenters. The SMILES string of the molecule is O=S(=O)([O-])c1cccc([P+](Cc2ccccc2)(c2ccccc2)c2ccccc2)c1.[Na+]. The maximum atomic E-state index is 11.8. The van der Waals surface area contributed by atoms with E-state index >= 15 is 0 Å². The summed E-state index contributed by atoms with van der Waals surface area (Å²) in [5, 5.41) is 3.15. The second-order valence-electron chi connectivity index (χ2n) is 7.08. The molecule has 4 aromatic carbocycles. The molecule has 6 heteroatoms. The van der Waals surface area contributed by atoms with Gasteiger partial charge >= 0.3 is 29.6 Å². The number of benzene rings is 4. The molecule has 0 saturated heterocycles. The van der Waals surface area contributed by atoms with Crippen LogP contribution in [0.3, 0.4) is 0 Å². The zero-order chi connectivity index (χ0) is 21.0. The van der Waals surface area contributed by atoms with Crippen LogP contribution in [0.5, 0.6) is 0 Å². The van der Waals surface area contributed by atoms with Gasteiger partial charge in [0, 0.05) is 0 Å². The van der Waals surface area contributed by atoms with Crippen LogP contribution in [0.1, 0.15) is 5.56 Å². The molecule has 3 nitrogen and oxygen atoms in total. The van der Waals surface area contributed by atoms with E-state index in [9.17, 15) is 13.0 Å². The van der Waals surface area contributed by atoms with E-state index in [0.717, 1.165) is 27.6 Å². The van der Waals surface area contributed by atoms with Crippen LogP contribution in [-0.4, -0.2) is 13.0 Å². The summed E-state index contributed by atoms with van der Waals surface area (Å²) in [6.45, 7) is 0. The van der Waals surface area contributed by atoms with E-state index in [1.165, 1.54) is 6.07 Å². The van der Waals surface area contributed by atoms with E-state index in [1.54, 1.807) is 12.1 Å². The quantitative estimate of drug-likeness (QED) is 0.249. The zero-order valence-electron chi connectivity index (χ0n) is 17.3. The van der Waals surface area contributed by atoms with Crippen molar-refractivity contribution in [2.24, 2.45) is 0 Å². The van der Waals surface area contributed by atoms with Gasteiger partial charge in [-0.1, -0.05) is 72.8 Å². The smallest absolute Gasteiger partial charge is 0.744 e. The minimum atomic E-state index is -4.56. The van der Waals surface area contributed by atoms with Crippen molar-refractivity contribution in [1.29, 1.82) is 0 Å². The van der Waals surface area contributed by atoms with Gasteiger partial charge in [-0.2, -0.15) is 0 Å². The van der Waals surface area contributed by atoms with Gasteiger partial charge in [0.2, 0.25) is 0 Å². The summed E-state index contributed by atoms with van der Waals surface area (Å²) in [5.74, 6) is 0. The van der Waals surface area contributed by atoms with Crippen molar-refractivity contribution in [1.82, 2.24) is 0 Å².